The molecule has 0 fully saturated rings. The molecule has 0 radical (unpaired) electrons. The van der Waals surface area contributed by atoms with E-state index >= 15 is 0 Å². The van der Waals surface area contributed by atoms with Gasteiger partial charge >= 0.3 is 0 Å². The van der Waals surface area contributed by atoms with Gasteiger partial charge in [0.05, 0.1) is 10.7 Å². The van der Waals surface area contributed by atoms with Gasteiger partial charge in [-0.3, -0.25) is 4.79 Å². The van der Waals surface area contributed by atoms with E-state index in [9.17, 15) is 9.18 Å². The summed E-state index contributed by atoms with van der Waals surface area (Å²) in [5.41, 5.74) is 3.58. The Morgan fingerprint density at radius 1 is 1.07 bits per heavy atom. The number of carbonyl (C=O) groups is 1. The number of anilines is 2. The van der Waals surface area contributed by atoms with Crippen LogP contribution in [0, 0.1) is 26.6 Å². The molecular weight excluding hydrogens is 379 g/mol. The third kappa shape index (κ3) is 4.84. The predicted octanol–water partition coefficient (Wildman–Crippen LogP) is 5.06. The van der Waals surface area contributed by atoms with Crippen molar-refractivity contribution in [3.63, 3.8) is 0 Å². The first-order chi connectivity index (χ1) is 13.3. The van der Waals surface area contributed by atoms with E-state index in [0.717, 1.165) is 16.7 Å². The Bertz CT molecular complexity index is 998. The van der Waals surface area contributed by atoms with Crippen LogP contribution in [0.25, 0.3) is 0 Å². The number of halogens is 2. The first-order valence-electron chi connectivity index (χ1n) is 8.74. The van der Waals surface area contributed by atoms with Crippen LogP contribution in [0.15, 0.2) is 42.5 Å². The van der Waals surface area contributed by atoms with Crippen molar-refractivity contribution in [1.29, 1.82) is 0 Å². The molecule has 1 heterocycles. The molecule has 28 heavy (non-hydrogen) atoms. The average Bonchev–Trinajstić information content (AvgIpc) is 2.63. The van der Waals surface area contributed by atoms with E-state index in [1.807, 2.05) is 19.9 Å². The van der Waals surface area contributed by atoms with Crippen LogP contribution in [-0.2, 0) is 6.54 Å². The van der Waals surface area contributed by atoms with Crippen molar-refractivity contribution in [1.82, 2.24) is 9.97 Å². The molecule has 0 spiro atoms. The van der Waals surface area contributed by atoms with Crippen LogP contribution in [0.5, 0.6) is 0 Å². The molecule has 1 amide bonds. The predicted molar refractivity (Wildman–Crippen MR) is 109 cm³/mol. The molecule has 7 heteroatoms. The fourth-order valence-corrected chi connectivity index (χ4v) is 3.19. The molecule has 0 atom stereocenters. The summed E-state index contributed by atoms with van der Waals surface area (Å²) in [6.45, 7) is 5.98. The zero-order valence-electron chi connectivity index (χ0n) is 15.8. The molecule has 0 aliphatic heterocycles. The van der Waals surface area contributed by atoms with Crippen molar-refractivity contribution < 1.29 is 9.18 Å². The summed E-state index contributed by atoms with van der Waals surface area (Å²) in [4.78, 5) is 21.2. The maximum atomic E-state index is 13.0. The molecular formula is C21H20ClFN4O. The third-order valence-electron chi connectivity index (χ3n) is 4.13. The van der Waals surface area contributed by atoms with Crippen LogP contribution in [0.2, 0.25) is 5.02 Å². The molecule has 0 aliphatic carbocycles. The summed E-state index contributed by atoms with van der Waals surface area (Å²) in [7, 11) is 0. The number of aryl methyl sites for hydroxylation is 3. The Morgan fingerprint density at radius 2 is 1.79 bits per heavy atom. The smallest absolute Gasteiger partial charge is 0.274 e. The van der Waals surface area contributed by atoms with E-state index < -0.39 is 0 Å². The monoisotopic (exact) mass is 398 g/mol. The topological polar surface area (TPSA) is 66.9 Å². The standard InChI is InChI=1S/C21H20ClFN4O/c1-12-8-13(2)20(17(22)9-12)27-21(28)18-10-19(26-14(3)25-18)24-11-15-4-6-16(23)7-5-15/h4-10H,11H2,1-3H3,(H,27,28)(H,24,25,26). The lowest BCUT2D eigenvalue weighted by atomic mass is 10.1. The fourth-order valence-electron chi connectivity index (χ4n) is 2.82. The molecule has 144 valence electrons. The highest BCUT2D eigenvalue weighted by Gasteiger charge is 2.14. The number of nitrogens with zero attached hydrogens (tertiary/aromatic N) is 2. The molecule has 5 nitrogen and oxygen atoms in total. The van der Waals surface area contributed by atoms with E-state index in [1.54, 1.807) is 31.2 Å². The number of amides is 1. The van der Waals surface area contributed by atoms with E-state index in [4.69, 9.17) is 11.6 Å². The van der Waals surface area contributed by atoms with Gasteiger partial charge in [-0.2, -0.15) is 0 Å². The van der Waals surface area contributed by atoms with Crippen LogP contribution < -0.4 is 10.6 Å². The zero-order valence-corrected chi connectivity index (χ0v) is 16.6. The number of hydrogen-bond acceptors (Lipinski definition) is 4. The van der Waals surface area contributed by atoms with Gasteiger partial charge < -0.3 is 10.6 Å². The van der Waals surface area contributed by atoms with Gasteiger partial charge in [0.2, 0.25) is 0 Å². The van der Waals surface area contributed by atoms with Crippen molar-refractivity contribution >= 4 is 29.0 Å². The summed E-state index contributed by atoms with van der Waals surface area (Å²) in [5, 5.41) is 6.43. The minimum Gasteiger partial charge on any atom is -0.366 e. The highest BCUT2D eigenvalue weighted by atomic mass is 35.5. The molecule has 3 aromatic rings. The van der Waals surface area contributed by atoms with Crippen LogP contribution >= 0.6 is 11.6 Å². The Kier molecular flexibility index (Phi) is 5.90. The van der Waals surface area contributed by atoms with Crippen LogP contribution in [0.1, 0.15) is 33.0 Å². The minimum atomic E-state index is -0.371. The summed E-state index contributed by atoms with van der Waals surface area (Å²) in [5.74, 6) is 0.310. The molecule has 0 bridgehead atoms. The van der Waals surface area contributed by atoms with E-state index in [1.165, 1.54) is 12.1 Å². The Morgan fingerprint density at radius 3 is 2.46 bits per heavy atom. The summed E-state index contributed by atoms with van der Waals surface area (Å²) in [6.07, 6.45) is 0. The molecule has 2 aromatic carbocycles. The average molecular weight is 399 g/mol. The van der Waals surface area contributed by atoms with Crippen molar-refractivity contribution in [3.05, 3.63) is 81.5 Å². The first kappa shape index (κ1) is 19.8. The lowest BCUT2D eigenvalue weighted by Crippen LogP contribution is -2.17. The van der Waals surface area contributed by atoms with Gasteiger partial charge in [-0.1, -0.05) is 29.8 Å². The first-order valence-corrected chi connectivity index (χ1v) is 9.12. The third-order valence-corrected chi connectivity index (χ3v) is 4.43. The molecule has 0 saturated carbocycles. The van der Waals surface area contributed by atoms with Crippen molar-refractivity contribution in [2.24, 2.45) is 0 Å². The van der Waals surface area contributed by atoms with E-state index in [-0.39, 0.29) is 17.4 Å². The summed E-state index contributed by atoms with van der Waals surface area (Å²) < 4.78 is 13.0. The van der Waals surface area contributed by atoms with Crippen molar-refractivity contribution in [2.45, 2.75) is 27.3 Å². The van der Waals surface area contributed by atoms with Crippen molar-refractivity contribution in [3.8, 4) is 0 Å². The summed E-state index contributed by atoms with van der Waals surface area (Å²) >= 11 is 6.27. The quantitative estimate of drug-likeness (QED) is 0.630. The number of aromatic nitrogens is 2. The zero-order chi connectivity index (χ0) is 20.3. The van der Waals surface area contributed by atoms with Gasteiger partial charge in [0, 0.05) is 12.6 Å². The SMILES string of the molecule is Cc1cc(C)c(NC(=O)c2cc(NCc3ccc(F)cc3)nc(C)n2)c(Cl)c1. The van der Waals surface area contributed by atoms with Gasteiger partial charge in [-0.15, -0.1) is 0 Å². The van der Waals surface area contributed by atoms with Crippen LogP contribution in [-0.4, -0.2) is 15.9 Å². The minimum absolute atomic E-state index is 0.227. The van der Waals surface area contributed by atoms with Gasteiger partial charge in [0.1, 0.15) is 23.2 Å². The Balaban J connectivity index is 1.77. The molecule has 3 rings (SSSR count). The molecule has 1 aromatic heterocycles. The van der Waals surface area contributed by atoms with Crippen LogP contribution in [0.3, 0.4) is 0 Å². The largest absolute Gasteiger partial charge is 0.366 e. The number of nitrogens with one attached hydrogen (secondary N) is 2. The fraction of sp³-hybridized carbons (Fsp3) is 0.190. The Labute approximate surface area is 168 Å². The van der Waals surface area contributed by atoms with Gasteiger partial charge in [0.15, 0.2) is 0 Å². The molecule has 2 N–H and O–H groups in total. The number of hydrogen-bond donors (Lipinski definition) is 2. The van der Waals surface area contributed by atoms with E-state index in [0.29, 0.717) is 28.9 Å². The molecule has 0 aliphatic rings. The second-order valence-corrected chi connectivity index (χ2v) is 6.97. The number of rotatable bonds is 5. The highest BCUT2D eigenvalue weighted by molar-refractivity contribution is 6.34. The second kappa shape index (κ2) is 8.35. The number of carbonyl (C=O) groups excluding carboxylic acids is 1. The highest BCUT2D eigenvalue weighted by Crippen LogP contribution is 2.27. The summed E-state index contributed by atoms with van der Waals surface area (Å²) in [6, 6.07) is 11.5. The van der Waals surface area contributed by atoms with Gasteiger partial charge in [-0.05, 0) is 55.7 Å². The van der Waals surface area contributed by atoms with Crippen molar-refractivity contribution in [2.75, 3.05) is 10.6 Å². The van der Waals surface area contributed by atoms with Crippen LogP contribution in [0.4, 0.5) is 15.9 Å². The Hall–Kier alpha value is -2.99. The maximum absolute atomic E-state index is 13.0. The number of benzene rings is 2. The van der Waals surface area contributed by atoms with Gasteiger partial charge in [0.25, 0.3) is 5.91 Å². The second-order valence-electron chi connectivity index (χ2n) is 6.56. The molecule has 0 unspecified atom stereocenters. The molecule has 0 saturated heterocycles. The lowest BCUT2D eigenvalue weighted by Gasteiger charge is -2.12. The normalized spacial score (nSPS) is 10.6. The van der Waals surface area contributed by atoms with E-state index in [2.05, 4.69) is 20.6 Å². The maximum Gasteiger partial charge on any atom is 0.274 e. The lowest BCUT2D eigenvalue weighted by molar-refractivity contribution is 0.102. The van der Waals surface area contributed by atoms with Gasteiger partial charge in [-0.25, -0.2) is 14.4 Å².